The first kappa shape index (κ1) is 14.3. The van der Waals surface area contributed by atoms with Crippen LogP contribution in [0.25, 0.3) is 33.1 Å². The average Bonchev–Trinajstić information content (AvgIpc) is 3.06. The van der Waals surface area contributed by atoms with Crippen LogP contribution in [0.15, 0.2) is 95.5 Å². The summed E-state index contributed by atoms with van der Waals surface area (Å²) in [6, 6.07) is 23.6. The van der Waals surface area contributed by atoms with E-state index in [9.17, 15) is 0 Å². The molecule has 1 heterocycles. The summed E-state index contributed by atoms with van der Waals surface area (Å²) in [6.45, 7) is 0. The molecule has 1 unspecified atom stereocenters. The summed E-state index contributed by atoms with van der Waals surface area (Å²) in [5.74, 6) is 0.497. The second kappa shape index (κ2) is 5.78. The van der Waals surface area contributed by atoms with Crippen LogP contribution in [0.5, 0.6) is 0 Å². The molecule has 3 aromatic carbocycles. The van der Waals surface area contributed by atoms with Crippen LogP contribution < -0.4 is 0 Å². The highest BCUT2D eigenvalue weighted by atomic mass is 16.3. The molecule has 0 bridgehead atoms. The van der Waals surface area contributed by atoms with E-state index in [0.717, 1.165) is 17.6 Å². The summed E-state index contributed by atoms with van der Waals surface area (Å²) in [5, 5.41) is 2.35. The van der Waals surface area contributed by atoms with Gasteiger partial charge in [-0.25, -0.2) is 0 Å². The number of furan rings is 1. The van der Waals surface area contributed by atoms with E-state index in [-0.39, 0.29) is 0 Å². The first-order valence-corrected chi connectivity index (χ1v) is 8.73. The third-order valence-electron chi connectivity index (χ3n) is 5.03. The number of hydrogen-bond donors (Lipinski definition) is 0. The maximum Gasteiger partial charge on any atom is 0.136 e. The van der Waals surface area contributed by atoms with Gasteiger partial charge >= 0.3 is 0 Å². The van der Waals surface area contributed by atoms with Gasteiger partial charge < -0.3 is 4.42 Å². The molecule has 1 aromatic heterocycles. The van der Waals surface area contributed by atoms with E-state index >= 15 is 0 Å². The molecule has 0 saturated heterocycles. The topological polar surface area (TPSA) is 13.1 Å². The monoisotopic (exact) mass is 322 g/mol. The van der Waals surface area contributed by atoms with Crippen molar-refractivity contribution < 1.29 is 4.42 Å². The van der Waals surface area contributed by atoms with E-state index in [1.165, 1.54) is 27.5 Å². The predicted molar refractivity (Wildman–Crippen MR) is 105 cm³/mol. The normalized spacial score (nSPS) is 16.7. The Kier molecular flexibility index (Phi) is 3.31. The fraction of sp³-hybridized carbons (Fsp3) is 0.0833. The minimum absolute atomic E-state index is 0.497. The van der Waals surface area contributed by atoms with Gasteiger partial charge in [-0.1, -0.05) is 72.8 Å². The first-order valence-electron chi connectivity index (χ1n) is 8.73. The van der Waals surface area contributed by atoms with Gasteiger partial charge in [-0.3, -0.25) is 0 Å². The van der Waals surface area contributed by atoms with Gasteiger partial charge in [0.25, 0.3) is 0 Å². The molecule has 0 fully saturated rings. The van der Waals surface area contributed by atoms with Gasteiger partial charge in [0.05, 0.1) is 0 Å². The van der Waals surface area contributed by atoms with Crippen molar-refractivity contribution in [2.75, 3.05) is 0 Å². The average molecular weight is 322 g/mol. The Balaban J connectivity index is 1.53. The zero-order chi connectivity index (χ0) is 16.6. The number of hydrogen-bond acceptors (Lipinski definition) is 1. The van der Waals surface area contributed by atoms with Crippen molar-refractivity contribution in [1.29, 1.82) is 0 Å². The maximum absolute atomic E-state index is 6.02. The molecule has 0 radical (unpaired) electrons. The lowest BCUT2D eigenvalue weighted by atomic mass is 9.91. The standard InChI is InChI=1S/C24H18O/c1-2-6-17(7-3-1)18-10-12-19(13-11-18)20-14-15-22-21-8-4-5-9-23(21)25-24(22)16-20/h1-6,8-17H,7H2. The van der Waals surface area contributed by atoms with Crippen molar-refractivity contribution in [3.05, 3.63) is 96.6 Å². The van der Waals surface area contributed by atoms with E-state index in [4.69, 9.17) is 4.42 Å². The Bertz CT molecular complexity index is 1110. The summed E-state index contributed by atoms with van der Waals surface area (Å²) in [7, 11) is 0. The minimum atomic E-state index is 0.497. The molecule has 1 heteroatoms. The summed E-state index contributed by atoms with van der Waals surface area (Å²) >= 11 is 0. The summed E-state index contributed by atoms with van der Waals surface area (Å²) in [5.41, 5.74) is 5.68. The molecule has 5 rings (SSSR count). The van der Waals surface area contributed by atoms with Crippen LogP contribution in [0.4, 0.5) is 0 Å². The molecule has 1 aliphatic carbocycles. The molecular formula is C24H18O. The maximum atomic E-state index is 6.02. The molecule has 0 aliphatic heterocycles. The highest BCUT2D eigenvalue weighted by Gasteiger charge is 2.10. The van der Waals surface area contributed by atoms with Gasteiger partial charge in [0.2, 0.25) is 0 Å². The molecule has 25 heavy (non-hydrogen) atoms. The van der Waals surface area contributed by atoms with Crippen LogP contribution in [-0.2, 0) is 0 Å². The molecule has 0 saturated carbocycles. The van der Waals surface area contributed by atoms with E-state index in [1.54, 1.807) is 0 Å². The van der Waals surface area contributed by atoms with Crippen LogP contribution in [0.1, 0.15) is 17.9 Å². The Morgan fingerprint density at radius 2 is 1.52 bits per heavy atom. The third-order valence-corrected chi connectivity index (χ3v) is 5.03. The molecule has 1 nitrogen and oxygen atoms in total. The molecule has 1 atom stereocenters. The summed E-state index contributed by atoms with van der Waals surface area (Å²) < 4.78 is 6.02. The van der Waals surface area contributed by atoms with Crippen LogP contribution >= 0.6 is 0 Å². The fourth-order valence-corrected chi connectivity index (χ4v) is 3.66. The zero-order valence-corrected chi connectivity index (χ0v) is 13.9. The fourth-order valence-electron chi connectivity index (χ4n) is 3.66. The van der Waals surface area contributed by atoms with E-state index in [1.807, 2.05) is 12.1 Å². The van der Waals surface area contributed by atoms with Gasteiger partial charge in [0.15, 0.2) is 0 Å². The van der Waals surface area contributed by atoms with Gasteiger partial charge in [0, 0.05) is 16.7 Å². The Morgan fingerprint density at radius 1 is 0.720 bits per heavy atom. The minimum Gasteiger partial charge on any atom is -0.456 e. The van der Waals surface area contributed by atoms with Crippen molar-refractivity contribution in [2.45, 2.75) is 12.3 Å². The van der Waals surface area contributed by atoms with Crippen LogP contribution in [0.3, 0.4) is 0 Å². The lowest BCUT2D eigenvalue weighted by molar-refractivity contribution is 0.669. The molecule has 4 aromatic rings. The van der Waals surface area contributed by atoms with Crippen LogP contribution in [-0.4, -0.2) is 0 Å². The lowest BCUT2D eigenvalue weighted by Crippen LogP contribution is -1.95. The largest absolute Gasteiger partial charge is 0.456 e. The molecule has 1 aliphatic rings. The van der Waals surface area contributed by atoms with Crippen LogP contribution in [0, 0.1) is 0 Å². The van der Waals surface area contributed by atoms with Gasteiger partial charge in [0.1, 0.15) is 11.2 Å². The number of para-hydroxylation sites is 1. The molecule has 0 amide bonds. The van der Waals surface area contributed by atoms with E-state index in [0.29, 0.717) is 5.92 Å². The first-order chi connectivity index (χ1) is 12.4. The van der Waals surface area contributed by atoms with Crippen molar-refractivity contribution in [1.82, 2.24) is 0 Å². The summed E-state index contributed by atoms with van der Waals surface area (Å²) in [4.78, 5) is 0. The van der Waals surface area contributed by atoms with Gasteiger partial charge in [-0.2, -0.15) is 0 Å². The lowest BCUT2D eigenvalue weighted by Gasteiger charge is -2.14. The Hall–Kier alpha value is -3.06. The highest BCUT2D eigenvalue weighted by Crippen LogP contribution is 2.33. The smallest absolute Gasteiger partial charge is 0.136 e. The highest BCUT2D eigenvalue weighted by molar-refractivity contribution is 6.05. The molecule has 0 spiro atoms. The van der Waals surface area contributed by atoms with Gasteiger partial charge in [-0.15, -0.1) is 0 Å². The van der Waals surface area contributed by atoms with Crippen molar-refractivity contribution in [2.24, 2.45) is 0 Å². The SMILES string of the molecule is C1=CCC(c2ccc(-c3ccc4c(c3)oc3ccccc34)cc2)C=C1. The number of rotatable bonds is 2. The quantitative estimate of drug-likeness (QED) is 0.393. The zero-order valence-electron chi connectivity index (χ0n) is 13.9. The number of benzene rings is 3. The van der Waals surface area contributed by atoms with Crippen molar-refractivity contribution in [3.63, 3.8) is 0 Å². The number of allylic oxidation sites excluding steroid dienone is 4. The van der Waals surface area contributed by atoms with E-state index in [2.05, 4.69) is 78.9 Å². The van der Waals surface area contributed by atoms with Crippen molar-refractivity contribution >= 4 is 21.9 Å². The second-order valence-electron chi connectivity index (χ2n) is 6.59. The van der Waals surface area contributed by atoms with E-state index < -0.39 is 0 Å². The Morgan fingerprint density at radius 3 is 2.36 bits per heavy atom. The van der Waals surface area contributed by atoms with Crippen molar-refractivity contribution in [3.8, 4) is 11.1 Å². The Labute approximate surface area is 146 Å². The predicted octanol–water partition coefficient (Wildman–Crippen LogP) is 6.85. The molecule has 120 valence electrons. The molecule has 0 N–H and O–H groups in total. The molecular weight excluding hydrogens is 304 g/mol. The summed E-state index contributed by atoms with van der Waals surface area (Å²) in [6.07, 6.45) is 9.84. The van der Waals surface area contributed by atoms with Crippen LogP contribution in [0.2, 0.25) is 0 Å². The second-order valence-corrected chi connectivity index (χ2v) is 6.59. The number of fused-ring (bicyclic) bond motifs is 3. The third kappa shape index (κ3) is 2.49. The van der Waals surface area contributed by atoms with Gasteiger partial charge in [-0.05, 0) is 41.3 Å².